The third-order valence-corrected chi connectivity index (χ3v) is 3.08. The summed E-state index contributed by atoms with van der Waals surface area (Å²) in [6, 6.07) is 3.17. The first-order valence-corrected chi connectivity index (χ1v) is 6.35. The molecule has 0 bridgehead atoms. The zero-order valence-corrected chi connectivity index (χ0v) is 10.7. The number of rotatable bonds is 5. The maximum atomic E-state index is 12.1. The minimum atomic E-state index is -0.499. The number of hydrogen-bond acceptors (Lipinski definition) is 4. The van der Waals surface area contributed by atoms with E-state index >= 15 is 0 Å². The van der Waals surface area contributed by atoms with Crippen LogP contribution in [0.5, 0.6) is 0 Å². The molecule has 1 aliphatic rings. The molecule has 2 heterocycles. The lowest BCUT2D eigenvalue weighted by Crippen LogP contribution is -2.44. The van der Waals surface area contributed by atoms with Gasteiger partial charge in [-0.2, -0.15) is 0 Å². The van der Waals surface area contributed by atoms with Crippen molar-refractivity contribution in [1.29, 1.82) is 0 Å². The number of furan rings is 1. The first-order valence-electron chi connectivity index (χ1n) is 6.35. The summed E-state index contributed by atoms with van der Waals surface area (Å²) in [5.74, 6) is 0.698. The van der Waals surface area contributed by atoms with Gasteiger partial charge in [-0.15, -0.1) is 0 Å². The quantitative estimate of drug-likeness (QED) is 0.853. The molecule has 0 aromatic carbocycles. The van der Waals surface area contributed by atoms with Crippen molar-refractivity contribution >= 4 is 5.91 Å². The Bertz CT molecular complexity index is 370. The lowest BCUT2D eigenvalue weighted by Gasteiger charge is -2.26. The van der Waals surface area contributed by atoms with Crippen LogP contribution in [0.1, 0.15) is 25.5 Å². The Kier molecular flexibility index (Phi) is 4.38. The van der Waals surface area contributed by atoms with Gasteiger partial charge in [0.1, 0.15) is 5.76 Å². The average molecular weight is 252 g/mol. The van der Waals surface area contributed by atoms with Crippen molar-refractivity contribution in [3.05, 3.63) is 24.2 Å². The highest BCUT2D eigenvalue weighted by atomic mass is 16.5. The number of nitrogens with two attached hydrogens (primary N) is 1. The molecule has 1 aromatic rings. The average Bonchev–Trinajstić information content (AvgIpc) is 2.99. The van der Waals surface area contributed by atoms with Crippen LogP contribution in [0.2, 0.25) is 0 Å². The van der Waals surface area contributed by atoms with Crippen molar-refractivity contribution in [2.45, 2.75) is 38.5 Å². The molecule has 5 nitrogen and oxygen atoms in total. The minimum Gasteiger partial charge on any atom is -0.467 e. The van der Waals surface area contributed by atoms with Gasteiger partial charge in [-0.1, -0.05) is 0 Å². The number of nitrogens with zero attached hydrogens (tertiary/aromatic N) is 1. The molecule has 0 aliphatic carbocycles. The Labute approximate surface area is 107 Å². The fraction of sp³-hybridized carbons (Fsp3) is 0.615. The van der Waals surface area contributed by atoms with E-state index in [9.17, 15) is 4.79 Å². The van der Waals surface area contributed by atoms with E-state index in [0.717, 1.165) is 25.2 Å². The van der Waals surface area contributed by atoms with Crippen molar-refractivity contribution in [1.82, 2.24) is 4.90 Å². The molecule has 0 unspecified atom stereocenters. The first-order chi connectivity index (χ1) is 8.66. The molecular weight excluding hydrogens is 232 g/mol. The molecule has 0 radical (unpaired) electrons. The fourth-order valence-corrected chi connectivity index (χ4v) is 2.15. The molecule has 100 valence electrons. The van der Waals surface area contributed by atoms with Crippen molar-refractivity contribution in [3.63, 3.8) is 0 Å². The summed E-state index contributed by atoms with van der Waals surface area (Å²) in [5.41, 5.74) is 5.68. The highest BCUT2D eigenvalue weighted by molar-refractivity contribution is 5.81. The Morgan fingerprint density at radius 3 is 3.06 bits per heavy atom. The predicted octanol–water partition coefficient (Wildman–Crippen LogP) is 1.13. The zero-order chi connectivity index (χ0) is 13.0. The lowest BCUT2D eigenvalue weighted by atomic mass is 10.2. The number of carbonyl (C=O) groups is 1. The van der Waals surface area contributed by atoms with Crippen LogP contribution in [0.25, 0.3) is 0 Å². The predicted molar refractivity (Wildman–Crippen MR) is 66.7 cm³/mol. The molecule has 1 aliphatic heterocycles. The molecule has 1 fully saturated rings. The van der Waals surface area contributed by atoms with Crippen molar-refractivity contribution in [2.24, 2.45) is 5.73 Å². The van der Waals surface area contributed by atoms with E-state index in [1.54, 1.807) is 18.1 Å². The van der Waals surface area contributed by atoms with Crippen molar-refractivity contribution in [3.8, 4) is 0 Å². The first kappa shape index (κ1) is 13.1. The van der Waals surface area contributed by atoms with Gasteiger partial charge in [0.25, 0.3) is 0 Å². The molecule has 2 N–H and O–H groups in total. The van der Waals surface area contributed by atoms with Crippen molar-refractivity contribution < 1.29 is 13.9 Å². The molecule has 2 atom stereocenters. The number of hydrogen-bond donors (Lipinski definition) is 1. The maximum absolute atomic E-state index is 12.1. The number of ether oxygens (including phenoxy) is 1. The van der Waals surface area contributed by atoms with Crippen LogP contribution < -0.4 is 5.73 Å². The van der Waals surface area contributed by atoms with Crippen LogP contribution in [0, 0.1) is 0 Å². The normalized spacial score (nSPS) is 20.9. The zero-order valence-electron chi connectivity index (χ0n) is 10.7. The van der Waals surface area contributed by atoms with E-state index < -0.39 is 6.04 Å². The third kappa shape index (κ3) is 3.34. The molecule has 0 spiro atoms. The van der Waals surface area contributed by atoms with E-state index in [1.807, 2.05) is 12.1 Å². The smallest absolute Gasteiger partial charge is 0.239 e. The van der Waals surface area contributed by atoms with Gasteiger partial charge in [0.15, 0.2) is 0 Å². The maximum Gasteiger partial charge on any atom is 0.239 e. The van der Waals surface area contributed by atoms with Crippen LogP contribution in [0.15, 0.2) is 22.8 Å². The summed E-state index contributed by atoms with van der Waals surface area (Å²) >= 11 is 0. The lowest BCUT2D eigenvalue weighted by molar-refractivity contribution is -0.134. The van der Waals surface area contributed by atoms with E-state index in [-0.39, 0.29) is 12.0 Å². The summed E-state index contributed by atoms with van der Waals surface area (Å²) in [4.78, 5) is 13.8. The van der Waals surface area contributed by atoms with Crippen LogP contribution in [0.3, 0.4) is 0 Å². The van der Waals surface area contributed by atoms with Crippen molar-refractivity contribution in [2.75, 3.05) is 13.2 Å². The summed E-state index contributed by atoms with van der Waals surface area (Å²) in [5, 5.41) is 0. The highest BCUT2D eigenvalue weighted by Gasteiger charge is 2.24. The molecule has 0 saturated carbocycles. The van der Waals surface area contributed by atoms with Gasteiger partial charge >= 0.3 is 0 Å². The molecule has 5 heteroatoms. The molecule has 2 rings (SSSR count). The van der Waals surface area contributed by atoms with E-state index in [2.05, 4.69) is 0 Å². The van der Waals surface area contributed by atoms with Gasteiger partial charge in [-0.25, -0.2) is 0 Å². The van der Waals surface area contributed by atoms with Gasteiger partial charge in [-0.3, -0.25) is 4.79 Å². The van der Waals surface area contributed by atoms with Crippen LogP contribution in [0.4, 0.5) is 0 Å². The van der Waals surface area contributed by atoms with Crippen LogP contribution in [-0.2, 0) is 16.1 Å². The largest absolute Gasteiger partial charge is 0.467 e. The van der Waals surface area contributed by atoms with Crippen LogP contribution >= 0.6 is 0 Å². The molecule has 1 amide bonds. The highest BCUT2D eigenvalue weighted by Crippen LogP contribution is 2.15. The Hall–Kier alpha value is -1.33. The monoisotopic (exact) mass is 252 g/mol. The second-order valence-electron chi connectivity index (χ2n) is 4.72. The van der Waals surface area contributed by atoms with Gasteiger partial charge < -0.3 is 19.8 Å². The summed E-state index contributed by atoms with van der Waals surface area (Å²) in [6.45, 7) is 3.52. The molecule has 18 heavy (non-hydrogen) atoms. The standard InChI is InChI=1S/C13H20N2O3/c1-10(14)13(16)15(8-11-4-2-6-17-11)9-12-5-3-7-18-12/h2,4,6,10,12H,3,5,7-9,14H2,1H3/t10-,12-/m0/s1. The second-order valence-corrected chi connectivity index (χ2v) is 4.72. The fourth-order valence-electron chi connectivity index (χ4n) is 2.15. The number of amides is 1. The summed E-state index contributed by atoms with van der Waals surface area (Å²) in [6.07, 6.45) is 3.80. The van der Waals surface area contributed by atoms with Gasteiger partial charge in [0, 0.05) is 13.2 Å². The van der Waals surface area contributed by atoms with E-state index in [0.29, 0.717) is 13.1 Å². The third-order valence-electron chi connectivity index (χ3n) is 3.08. The molecule has 1 aromatic heterocycles. The molecular formula is C13H20N2O3. The Morgan fingerprint density at radius 1 is 1.67 bits per heavy atom. The topological polar surface area (TPSA) is 68.7 Å². The van der Waals surface area contributed by atoms with E-state index in [4.69, 9.17) is 14.9 Å². The van der Waals surface area contributed by atoms with Gasteiger partial charge in [0.05, 0.1) is 25.0 Å². The molecule has 1 saturated heterocycles. The van der Waals surface area contributed by atoms with E-state index in [1.165, 1.54) is 0 Å². The van der Waals surface area contributed by atoms with Crippen LogP contribution in [-0.4, -0.2) is 36.1 Å². The van der Waals surface area contributed by atoms with Gasteiger partial charge in [-0.05, 0) is 31.9 Å². The Morgan fingerprint density at radius 2 is 2.50 bits per heavy atom. The summed E-state index contributed by atoms with van der Waals surface area (Å²) < 4.78 is 10.9. The second kappa shape index (κ2) is 6.02. The van der Waals surface area contributed by atoms with Gasteiger partial charge in [0.2, 0.25) is 5.91 Å². The minimum absolute atomic E-state index is 0.0677. The Balaban J connectivity index is 1.99. The SMILES string of the molecule is C[C@H](N)C(=O)N(Cc1ccco1)C[C@@H]1CCCO1. The number of carbonyl (C=O) groups excluding carboxylic acids is 1. The summed E-state index contributed by atoms with van der Waals surface area (Å²) in [7, 11) is 0.